The Kier molecular flexibility index (Phi) is 2.86. The lowest BCUT2D eigenvalue weighted by Gasteiger charge is -2.27. The van der Waals surface area contributed by atoms with Gasteiger partial charge in [0.2, 0.25) is 5.60 Å². The van der Waals surface area contributed by atoms with E-state index in [9.17, 15) is 18.3 Å². The number of hydrogen-bond donors (Lipinski definition) is 2. The van der Waals surface area contributed by atoms with E-state index in [1.807, 2.05) is 0 Å². The van der Waals surface area contributed by atoms with Crippen molar-refractivity contribution in [2.24, 2.45) is 5.73 Å². The summed E-state index contributed by atoms with van der Waals surface area (Å²) in [5.74, 6) is -0.532. The van der Waals surface area contributed by atoms with Gasteiger partial charge in [0.25, 0.3) is 0 Å². The Labute approximate surface area is 78.3 Å². The number of halogens is 3. The topological polar surface area (TPSA) is 59.4 Å². The number of alkyl halides is 3. The van der Waals surface area contributed by atoms with Crippen LogP contribution in [0.5, 0.6) is 0 Å². The van der Waals surface area contributed by atoms with Crippen LogP contribution in [0.1, 0.15) is 12.2 Å². The molecule has 0 fully saturated rings. The minimum absolute atomic E-state index is 0.281. The fourth-order valence-corrected chi connectivity index (χ4v) is 1.13. The highest BCUT2D eigenvalue weighted by atomic mass is 19.4. The molecule has 0 saturated heterocycles. The average molecular weight is 209 g/mol. The molecular weight excluding hydrogens is 199 g/mol. The molecule has 1 atom stereocenters. The van der Waals surface area contributed by atoms with Crippen LogP contribution in [0, 0.1) is 0 Å². The summed E-state index contributed by atoms with van der Waals surface area (Å²) >= 11 is 0. The van der Waals surface area contributed by atoms with E-state index in [4.69, 9.17) is 5.73 Å². The van der Waals surface area contributed by atoms with Crippen LogP contribution in [-0.2, 0) is 5.60 Å². The van der Waals surface area contributed by atoms with E-state index < -0.39 is 24.0 Å². The summed E-state index contributed by atoms with van der Waals surface area (Å²) in [5.41, 5.74) is 2.03. The Morgan fingerprint density at radius 3 is 2.43 bits per heavy atom. The summed E-state index contributed by atoms with van der Waals surface area (Å²) in [6.07, 6.45) is -4.34. The molecule has 0 aromatic carbocycles. The molecule has 3 nitrogen and oxygen atoms in total. The molecule has 0 spiro atoms. The first-order chi connectivity index (χ1) is 6.42. The van der Waals surface area contributed by atoms with Crippen molar-refractivity contribution in [3.05, 3.63) is 24.2 Å². The molecule has 1 heterocycles. The van der Waals surface area contributed by atoms with Gasteiger partial charge in [-0.3, -0.25) is 0 Å². The van der Waals surface area contributed by atoms with Crippen LogP contribution < -0.4 is 5.73 Å². The maximum atomic E-state index is 12.5. The number of nitrogens with two attached hydrogens (primary N) is 1. The maximum absolute atomic E-state index is 12.5. The van der Waals surface area contributed by atoms with Crippen LogP contribution in [-0.4, -0.2) is 17.8 Å². The van der Waals surface area contributed by atoms with E-state index in [0.29, 0.717) is 0 Å². The van der Waals surface area contributed by atoms with E-state index >= 15 is 0 Å². The lowest BCUT2D eigenvalue weighted by atomic mass is 9.96. The lowest BCUT2D eigenvalue weighted by Crippen LogP contribution is -2.43. The number of aliphatic hydroxyl groups is 1. The quantitative estimate of drug-likeness (QED) is 0.790. The molecule has 0 amide bonds. The van der Waals surface area contributed by atoms with Crippen LogP contribution >= 0.6 is 0 Å². The normalized spacial score (nSPS) is 16.6. The zero-order chi connectivity index (χ0) is 10.8. The number of hydrogen-bond acceptors (Lipinski definition) is 3. The summed E-state index contributed by atoms with van der Waals surface area (Å²) in [7, 11) is 0. The van der Waals surface area contributed by atoms with Crippen molar-refractivity contribution in [3.8, 4) is 0 Å². The van der Waals surface area contributed by atoms with Crippen molar-refractivity contribution in [1.29, 1.82) is 0 Å². The fraction of sp³-hybridized carbons (Fsp3) is 0.500. The van der Waals surface area contributed by atoms with Crippen LogP contribution in [0.2, 0.25) is 0 Å². The third kappa shape index (κ3) is 1.76. The van der Waals surface area contributed by atoms with Gasteiger partial charge in [0.05, 0.1) is 6.26 Å². The molecule has 0 aliphatic rings. The van der Waals surface area contributed by atoms with E-state index in [-0.39, 0.29) is 6.54 Å². The van der Waals surface area contributed by atoms with Crippen LogP contribution in [0.3, 0.4) is 0 Å². The van der Waals surface area contributed by atoms with Crippen molar-refractivity contribution < 1.29 is 22.7 Å². The Morgan fingerprint density at radius 2 is 2.07 bits per heavy atom. The Bertz CT molecular complexity index is 283. The first-order valence-electron chi connectivity index (χ1n) is 3.95. The van der Waals surface area contributed by atoms with Crippen LogP contribution in [0.15, 0.2) is 22.8 Å². The summed E-state index contributed by atoms with van der Waals surface area (Å²) < 4.78 is 42.0. The predicted octanol–water partition coefficient (Wildman–Crippen LogP) is 1.38. The van der Waals surface area contributed by atoms with Crippen molar-refractivity contribution in [2.45, 2.75) is 18.2 Å². The molecule has 80 valence electrons. The summed E-state index contributed by atoms with van der Waals surface area (Å²) in [5, 5.41) is 9.41. The lowest BCUT2D eigenvalue weighted by molar-refractivity contribution is -0.274. The second-order valence-electron chi connectivity index (χ2n) is 2.87. The second kappa shape index (κ2) is 3.62. The Morgan fingerprint density at radius 1 is 1.43 bits per heavy atom. The molecule has 0 bridgehead atoms. The van der Waals surface area contributed by atoms with Crippen molar-refractivity contribution in [2.75, 3.05) is 6.54 Å². The Balaban J connectivity index is 3.06. The molecule has 0 radical (unpaired) electrons. The number of furan rings is 1. The average Bonchev–Trinajstić information content (AvgIpc) is 2.54. The standard InChI is InChI=1S/C8H10F3NO2/c9-8(10,11)7(13,3-4-12)6-2-1-5-14-6/h1-2,5,13H,3-4,12H2. The van der Waals surface area contributed by atoms with Gasteiger partial charge >= 0.3 is 6.18 Å². The van der Waals surface area contributed by atoms with Crippen LogP contribution in [0.25, 0.3) is 0 Å². The third-order valence-electron chi connectivity index (χ3n) is 1.90. The van der Waals surface area contributed by atoms with E-state index in [1.54, 1.807) is 0 Å². The molecule has 1 unspecified atom stereocenters. The van der Waals surface area contributed by atoms with Crippen molar-refractivity contribution >= 4 is 0 Å². The van der Waals surface area contributed by atoms with Gasteiger partial charge in [-0.2, -0.15) is 13.2 Å². The van der Waals surface area contributed by atoms with Crippen LogP contribution in [0.4, 0.5) is 13.2 Å². The zero-order valence-corrected chi connectivity index (χ0v) is 7.21. The Hall–Kier alpha value is -1.01. The monoisotopic (exact) mass is 209 g/mol. The molecule has 0 aliphatic heterocycles. The van der Waals surface area contributed by atoms with Gasteiger partial charge in [0, 0.05) is 6.42 Å². The van der Waals surface area contributed by atoms with Gasteiger partial charge in [0.15, 0.2) is 0 Å². The van der Waals surface area contributed by atoms with Gasteiger partial charge in [-0.25, -0.2) is 0 Å². The molecule has 1 aromatic heterocycles. The smallest absolute Gasteiger partial charge is 0.424 e. The minimum Gasteiger partial charge on any atom is -0.466 e. The van der Waals surface area contributed by atoms with Crippen molar-refractivity contribution in [3.63, 3.8) is 0 Å². The molecular formula is C8H10F3NO2. The molecule has 0 saturated carbocycles. The summed E-state index contributed by atoms with van der Waals surface area (Å²) in [6.45, 7) is -0.281. The van der Waals surface area contributed by atoms with Crippen molar-refractivity contribution in [1.82, 2.24) is 0 Å². The first kappa shape index (κ1) is 11.1. The highest BCUT2D eigenvalue weighted by molar-refractivity contribution is 5.12. The van der Waals surface area contributed by atoms with Gasteiger partial charge < -0.3 is 15.3 Å². The van der Waals surface area contributed by atoms with E-state index in [0.717, 1.165) is 12.3 Å². The highest BCUT2D eigenvalue weighted by Gasteiger charge is 2.56. The predicted molar refractivity (Wildman–Crippen MR) is 42.3 cm³/mol. The van der Waals surface area contributed by atoms with Gasteiger partial charge in [-0.1, -0.05) is 0 Å². The van der Waals surface area contributed by atoms with Gasteiger partial charge in [-0.15, -0.1) is 0 Å². The van der Waals surface area contributed by atoms with E-state index in [1.165, 1.54) is 6.07 Å². The zero-order valence-electron chi connectivity index (χ0n) is 7.21. The summed E-state index contributed by atoms with van der Waals surface area (Å²) in [6, 6.07) is 2.35. The first-order valence-corrected chi connectivity index (χ1v) is 3.95. The van der Waals surface area contributed by atoms with Gasteiger partial charge in [0.1, 0.15) is 5.76 Å². The molecule has 14 heavy (non-hydrogen) atoms. The highest BCUT2D eigenvalue weighted by Crippen LogP contribution is 2.41. The molecule has 0 aliphatic carbocycles. The van der Waals surface area contributed by atoms with Gasteiger partial charge in [-0.05, 0) is 18.7 Å². The molecule has 3 N–H and O–H groups in total. The summed E-state index contributed by atoms with van der Waals surface area (Å²) in [4.78, 5) is 0. The SMILES string of the molecule is NCCC(O)(c1ccco1)C(F)(F)F. The fourth-order valence-electron chi connectivity index (χ4n) is 1.13. The minimum atomic E-state index is -4.79. The molecule has 6 heteroatoms. The largest absolute Gasteiger partial charge is 0.466 e. The molecule has 1 aromatic rings. The maximum Gasteiger partial charge on any atom is 0.424 e. The third-order valence-corrected chi connectivity index (χ3v) is 1.90. The number of rotatable bonds is 3. The van der Waals surface area contributed by atoms with E-state index in [2.05, 4.69) is 4.42 Å². The second-order valence-corrected chi connectivity index (χ2v) is 2.87. The molecule has 1 rings (SSSR count).